The molecule has 0 aromatic carbocycles. The van der Waals surface area contributed by atoms with Gasteiger partial charge in [0.15, 0.2) is 0 Å². The van der Waals surface area contributed by atoms with E-state index in [2.05, 4.69) is 24.3 Å². The number of carbonyl (C=O) groups is 1. The number of hydrogen-bond acceptors (Lipinski definition) is 5. The van der Waals surface area contributed by atoms with Crippen LogP contribution in [0.3, 0.4) is 0 Å². The predicted octanol–water partition coefficient (Wildman–Crippen LogP) is 2.81. The van der Waals surface area contributed by atoms with E-state index in [0.29, 0.717) is 5.76 Å². The molecule has 6 nitrogen and oxygen atoms in total. The number of nitrogens with zero attached hydrogens (tertiary/aromatic N) is 1. The third kappa shape index (κ3) is 3.57. The van der Waals surface area contributed by atoms with Gasteiger partial charge >= 0.3 is 0 Å². The molecule has 120 valence electrons. The Morgan fingerprint density at radius 1 is 1.45 bits per heavy atom. The minimum Gasteiger partial charge on any atom is -0.466 e. The maximum absolute atomic E-state index is 12.1. The zero-order chi connectivity index (χ0) is 16.2. The first-order valence-electron chi connectivity index (χ1n) is 7.49. The van der Waals surface area contributed by atoms with Gasteiger partial charge in [0, 0.05) is 12.0 Å². The summed E-state index contributed by atoms with van der Waals surface area (Å²) in [4.78, 5) is 12.1. The first-order valence-corrected chi connectivity index (χ1v) is 7.49. The highest BCUT2D eigenvalue weighted by molar-refractivity contribution is 5.91. The van der Waals surface area contributed by atoms with Gasteiger partial charge < -0.3 is 19.4 Å². The number of carbonyl (C=O) groups excluding carboxylic acids is 1. The average Bonchev–Trinajstić information content (AvgIpc) is 3.18. The SMILES string of the molecule is CCC(CC)c1cc(C(=O)NCC(C)(O)c2ccco2)on1. The number of aliphatic hydroxyl groups is 1. The maximum Gasteiger partial charge on any atom is 0.290 e. The lowest BCUT2D eigenvalue weighted by molar-refractivity contribution is 0.0324. The lowest BCUT2D eigenvalue weighted by Gasteiger charge is -2.20. The normalized spacial score (nSPS) is 14.0. The predicted molar refractivity (Wildman–Crippen MR) is 80.4 cm³/mol. The van der Waals surface area contributed by atoms with Crippen molar-refractivity contribution < 1.29 is 18.8 Å². The average molecular weight is 306 g/mol. The van der Waals surface area contributed by atoms with Crippen LogP contribution >= 0.6 is 0 Å². The number of aromatic nitrogens is 1. The van der Waals surface area contributed by atoms with Crippen molar-refractivity contribution in [3.05, 3.63) is 41.7 Å². The quantitative estimate of drug-likeness (QED) is 0.821. The van der Waals surface area contributed by atoms with Gasteiger partial charge in [-0.3, -0.25) is 4.79 Å². The fourth-order valence-corrected chi connectivity index (χ4v) is 2.31. The van der Waals surface area contributed by atoms with Gasteiger partial charge in [0.25, 0.3) is 5.91 Å². The Balaban J connectivity index is 1.98. The third-order valence-corrected chi connectivity index (χ3v) is 3.80. The fraction of sp³-hybridized carbons (Fsp3) is 0.500. The summed E-state index contributed by atoms with van der Waals surface area (Å²) in [6.45, 7) is 5.73. The van der Waals surface area contributed by atoms with E-state index in [4.69, 9.17) is 8.94 Å². The molecule has 0 aliphatic heterocycles. The summed E-state index contributed by atoms with van der Waals surface area (Å²) in [6.07, 6.45) is 3.36. The Bertz CT molecular complexity index is 597. The zero-order valence-corrected chi connectivity index (χ0v) is 13.1. The van der Waals surface area contributed by atoms with Crippen LogP contribution in [0.2, 0.25) is 0 Å². The summed E-state index contributed by atoms with van der Waals surface area (Å²) in [5.74, 6) is 0.424. The van der Waals surface area contributed by atoms with Crippen LogP contribution in [-0.4, -0.2) is 22.7 Å². The van der Waals surface area contributed by atoms with Crippen molar-refractivity contribution in [3.8, 4) is 0 Å². The second-order valence-corrected chi connectivity index (χ2v) is 5.56. The van der Waals surface area contributed by atoms with E-state index in [-0.39, 0.29) is 18.2 Å². The molecule has 2 aromatic rings. The van der Waals surface area contributed by atoms with Gasteiger partial charge in [0.05, 0.1) is 18.5 Å². The van der Waals surface area contributed by atoms with Crippen molar-refractivity contribution in [2.45, 2.75) is 45.1 Å². The van der Waals surface area contributed by atoms with E-state index in [9.17, 15) is 9.90 Å². The first kappa shape index (κ1) is 16.3. The first-order chi connectivity index (χ1) is 10.5. The summed E-state index contributed by atoms with van der Waals surface area (Å²) >= 11 is 0. The van der Waals surface area contributed by atoms with E-state index in [1.165, 1.54) is 6.26 Å². The molecule has 0 fully saturated rings. The van der Waals surface area contributed by atoms with Crippen LogP contribution in [0.15, 0.2) is 33.4 Å². The minimum atomic E-state index is -1.28. The Labute approximate surface area is 129 Å². The van der Waals surface area contributed by atoms with E-state index in [0.717, 1.165) is 18.5 Å². The molecule has 0 radical (unpaired) electrons. The Kier molecular flexibility index (Phi) is 5.03. The topological polar surface area (TPSA) is 88.5 Å². The molecule has 2 N–H and O–H groups in total. The van der Waals surface area contributed by atoms with Crippen molar-refractivity contribution in [1.29, 1.82) is 0 Å². The van der Waals surface area contributed by atoms with E-state index >= 15 is 0 Å². The Morgan fingerprint density at radius 2 is 2.18 bits per heavy atom. The number of rotatable bonds is 7. The Hall–Kier alpha value is -2.08. The van der Waals surface area contributed by atoms with Crippen LogP contribution in [0.4, 0.5) is 0 Å². The molecule has 6 heteroatoms. The molecule has 0 saturated carbocycles. The Morgan fingerprint density at radius 3 is 2.77 bits per heavy atom. The summed E-state index contributed by atoms with van der Waals surface area (Å²) < 4.78 is 10.3. The molecule has 22 heavy (non-hydrogen) atoms. The standard InChI is InChI=1S/C16H22N2O4/c1-4-11(5-2)12-9-13(22-18-12)15(19)17-10-16(3,20)14-7-6-8-21-14/h6-9,11,20H,4-5,10H2,1-3H3,(H,17,19). The van der Waals surface area contributed by atoms with Crippen LogP contribution in [0.1, 0.15) is 61.5 Å². The van der Waals surface area contributed by atoms with Gasteiger partial charge in [0.1, 0.15) is 11.4 Å². The van der Waals surface area contributed by atoms with Gasteiger partial charge in [-0.05, 0) is 31.9 Å². The summed E-state index contributed by atoms with van der Waals surface area (Å²) in [7, 11) is 0. The summed E-state index contributed by atoms with van der Waals surface area (Å²) in [5, 5.41) is 16.9. The second kappa shape index (κ2) is 6.79. The number of amides is 1. The van der Waals surface area contributed by atoms with E-state index in [1.807, 2.05) is 0 Å². The highest BCUT2D eigenvalue weighted by Gasteiger charge is 2.28. The lowest BCUT2D eigenvalue weighted by Crippen LogP contribution is -2.38. The fourth-order valence-electron chi connectivity index (χ4n) is 2.31. The van der Waals surface area contributed by atoms with Crippen LogP contribution < -0.4 is 5.32 Å². The van der Waals surface area contributed by atoms with Crippen LogP contribution in [0.5, 0.6) is 0 Å². The molecule has 1 amide bonds. The third-order valence-electron chi connectivity index (χ3n) is 3.80. The molecular weight excluding hydrogens is 284 g/mol. The smallest absolute Gasteiger partial charge is 0.290 e. The lowest BCUT2D eigenvalue weighted by atomic mass is 9.99. The van der Waals surface area contributed by atoms with Crippen molar-refractivity contribution in [1.82, 2.24) is 10.5 Å². The molecule has 2 rings (SSSR count). The molecule has 0 aliphatic carbocycles. The van der Waals surface area contributed by atoms with Crippen molar-refractivity contribution >= 4 is 5.91 Å². The highest BCUT2D eigenvalue weighted by atomic mass is 16.5. The van der Waals surface area contributed by atoms with Crippen molar-refractivity contribution in [2.75, 3.05) is 6.54 Å². The van der Waals surface area contributed by atoms with E-state index < -0.39 is 11.5 Å². The molecule has 1 unspecified atom stereocenters. The van der Waals surface area contributed by atoms with Crippen LogP contribution in [-0.2, 0) is 5.60 Å². The van der Waals surface area contributed by atoms with Crippen LogP contribution in [0.25, 0.3) is 0 Å². The summed E-state index contributed by atoms with van der Waals surface area (Å²) in [6, 6.07) is 5.00. The molecule has 2 heterocycles. The zero-order valence-electron chi connectivity index (χ0n) is 13.1. The maximum atomic E-state index is 12.1. The van der Waals surface area contributed by atoms with E-state index in [1.54, 1.807) is 25.1 Å². The van der Waals surface area contributed by atoms with Crippen molar-refractivity contribution in [3.63, 3.8) is 0 Å². The van der Waals surface area contributed by atoms with Gasteiger partial charge in [-0.2, -0.15) is 0 Å². The number of furan rings is 1. The van der Waals surface area contributed by atoms with Gasteiger partial charge in [-0.25, -0.2) is 0 Å². The molecule has 1 atom stereocenters. The second-order valence-electron chi connectivity index (χ2n) is 5.56. The molecular formula is C16H22N2O4. The molecule has 0 bridgehead atoms. The monoisotopic (exact) mass is 306 g/mol. The summed E-state index contributed by atoms with van der Waals surface area (Å²) in [5.41, 5.74) is -0.495. The highest BCUT2D eigenvalue weighted by Crippen LogP contribution is 2.23. The van der Waals surface area contributed by atoms with Crippen molar-refractivity contribution in [2.24, 2.45) is 0 Å². The molecule has 0 saturated heterocycles. The largest absolute Gasteiger partial charge is 0.466 e. The number of nitrogens with one attached hydrogen (secondary N) is 1. The molecule has 0 spiro atoms. The number of hydrogen-bond donors (Lipinski definition) is 2. The van der Waals surface area contributed by atoms with Crippen LogP contribution in [0, 0.1) is 0 Å². The van der Waals surface area contributed by atoms with Gasteiger partial charge in [-0.15, -0.1) is 0 Å². The van der Waals surface area contributed by atoms with Gasteiger partial charge in [-0.1, -0.05) is 19.0 Å². The minimum absolute atomic E-state index is 0.0143. The molecule has 2 aromatic heterocycles. The molecule has 0 aliphatic rings. The van der Waals surface area contributed by atoms with Gasteiger partial charge in [0.2, 0.25) is 5.76 Å².